The third-order valence-corrected chi connectivity index (χ3v) is 1.69. The lowest BCUT2D eigenvalue weighted by atomic mass is 10.1. The Morgan fingerprint density at radius 1 is 1.29 bits per heavy atom. The number of hydrogen-bond acceptors (Lipinski definition) is 2. The number of aldehydes is 2. The molecule has 0 aliphatic rings. The Bertz CT molecular complexity index is 370. The van der Waals surface area contributed by atoms with Crippen molar-refractivity contribution in [2.24, 2.45) is 0 Å². The monoisotopic (exact) mass is 192 g/mol. The fraction of sp³-hybridized carbons (Fsp3) is 0.0909. The third-order valence-electron chi connectivity index (χ3n) is 1.69. The molecule has 2 nitrogen and oxygen atoms in total. The minimum absolute atomic E-state index is 0.0394. The molecule has 0 saturated carbocycles. The van der Waals surface area contributed by atoms with Gasteiger partial charge in [0.1, 0.15) is 12.1 Å². The van der Waals surface area contributed by atoms with Crippen LogP contribution in [0.25, 0.3) is 6.08 Å². The molecule has 0 heterocycles. The van der Waals surface area contributed by atoms with E-state index < -0.39 is 5.82 Å². The number of halogens is 1. The quantitative estimate of drug-likeness (QED) is 0.685. The second-order valence-electron chi connectivity index (χ2n) is 2.70. The van der Waals surface area contributed by atoms with Crippen molar-refractivity contribution in [3.05, 3.63) is 41.2 Å². The standard InChI is InChI=1S/C11H9FO2/c12-11-7-9(3-1-2-6-13)4-5-10(11)8-14/h1,3-8H,2H2. The van der Waals surface area contributed by atoms with E-state index in [0.29, 0.717) is 18.3 Å². The smallest absolute Gasteiger partial charge is 0.152 e. The van der Waals surface area contributed by atoms with Crippen molar-refractivity contribution in [1.29, 1.82) is 0 Å². The number of carbonyl (C=O) groups excluding carboxylic acids is 2. The van der Waals surface area contributed by atoms with Crippen LogP contribution in [-0.2, 0) is 4.79 Å². The average molecular weight is 192 g/mol. The van der Waals surface area contributed by atoms with Crippen molar-refractivity contribution in [3.8, 4) is 0 Å². The normalized spacial score (nSPS) is 10.4. The molecule has 0 aliphatic carbocycles. The largest absolute Gasteiger partial charge is 0.303 e. The number of carbonyl (C=O) groups is 2. The van der Waals surface area contributed by atoms with Crippen molar-refractivity contribution in [1.82, 2.24) is 0 Å². The van der Waals surface area contributed by atoms with Gasteiger partial charge in [-0.15, -0.1) is 0 Å². The van der Waals surface area contributed by atoms with E-state index in [1.165, 1.54) is 12.1 Å². The maximum atomic E-state index is 13.0. The van der Waals surface area contributed by atoms with Crippen LogP contribution in [0.3, 0.4) is 0 Å². The van der Waals surface area contributed by atoms with Crippen LogP contribution in [0.1, 0.15) is 22.3 Å². The topological polar surface area (TPSA) is 34.1 Å². The molecule has 0 radical (unpaired) electrons. The summed E-state index contributed by atoms with van der Waals surface area (Å²) < 4.78 is 13.0. The van der Waals surface area contributed by atoms with Crippen molar-refractivity contribution < 1.29 is 14.0 Å². The lowest BCUT2D eigenvalue weighted by Crippen LogP contribution is -1.87. The summed E-state index contributed by atoms with van der Waals surface area (Å²) in [6.07, 6.45) is 4.78. The lowest BCUT2D eigenvalue weighted by molar-refractivity contribution is -0.107. The zero-order valence-electron chi connectivity index (χ0n) is 7.44. The molecule has 14 heavy (non-hydrogen) atoms. The summed E-state index contributed by atoms with van der Waals surface area (Å²) in [5.74, 6) is -0.548. The van der Waals surface area contributed by atoms with E-state index in [4.69, 9.17) is 0 Å². The Morgan fingerprint density at radius 2 is 2.07 bits per heavy atom. The van der Waals surface area contributed by atoms with Crippen LogP contribution in [0, 0.1) is 5.82 Å². The second kappa shape index (κ2) is 5.07. The van der Waals surface area contributed by atoms with Crippen molar-refractivity contribution in [2.75, 3.05) is 0 Å². The molecule has 72 valence electrons. The maximum absolute atomic E-state index is 13.0. The van der Waals surface area contributed by atoms with Gasteiger partial charge in [-0.25, -0.2) is 4.39 Å². The first-order valence-electron chi connectivity index (χ1n) is 4.13. The van der Waals surface area contributed by atoms with Gasteiger partial charge in [0.25, 0.3) is 0 Å². The highest BCUT2D eigenvalue weighted by Gasteiger charge is 1.99. The summed E-state index contributed by atoms with van der Waals surface area (Å²) in [5.41, 5.74) is 0.674. The summed E-state index contributed by atoms with van der Waals surface area (Å²) in [4.78, 5) is 20.3. The van der Waals surface area contributed by atoms with Crippen molar-refractivity contribution in [3.63, 3.8) is 0 Å². The zero-order valence-corrected chi connectivity index (χ0v) is 7.44. The predicted molar refractivity (Wildman–Crippen MR) is 51.5 cm³/mol. The molecule has 1 aromatic rings. The number of hydrogen-bond donors (Lipinski definition) is 0. The second-order valence-corrected chi connectivity index (χ2v) is 2.70. The molecule has 0 fully saturated rings. The minimum atomic E-state index is -0.548. The summed E-state index contributed by atoms with van der Waals surface area (Å²) in [6, 6.07) is 4.28. The van der Waals surface area contributed by atoms with Gasteiger partial charge in [0, 0.05) is 6.42 Å². The SMILES string of the molecule is O=CCC=Cc1ccc(C=O)c(F)c1. The molecule has 0 aromatic heterocycles. The molecule has 1 aromatic carbocycles. The molecule has 3 heteroatoms. The highest BCUT2D eigenvalue weighted by Crippen LogP contribution is 2.10. The lowest BCUT2D eigenvalue weighted by Gasteiger charge is -1.96. The molecule has 0 amide bonds. The average Bonchev–Trinajstić information content (AvgIpc) is 2.18. The van der Waals surface area contributed by atoms with Gasteiger partial charge in [-0.2, -0.15) is 0 Å². The Balaban J connectivity index is 2.85. The van der Waals surface area contributed by atoms with Crippen molar-refractivity contribution >= 4 is 18.6 Å². The number of allylic oxidation sites excluding steroid dienone is 1. The highest BCUT2D eigenvalue weighted by molar-refractivity contribution is 5.75. The van der Waals surface area contributed by atoms with E-state index in [1.807, 2.05) is 0 Å². The first kappa shape index (κ1) is 10.3. The summed E-state index contributed by atoms with van der Waals surface area (Å²) >= 11 is 0. The Labute approximate surface area is 81.1 Å². The van der Waals surface area contributed by atoms with E-state index in [-0.39, 0.29) is 5.56 Å². The minimum Gasteiger partial charge on any atom is -0.303 e. The maximum Gasteiger partial charge on any atom is 0.152 e. The first-order valence-corrected chi connectivity index (χ1v) is 4.13. The van der Waals surface area contributed by atoms with Gasteiger partial charge in [-0.05, 0) is 17.7 Å². The Kier molecular flexibility index (Phi) is 3.73. The first-order chi connectivity index (χ1) is 6.77. The molecule has 0 saturated heterocycles. The van der Waals surface area contributed by atoms with E-state index in [1.54, 1.807) is 18.2 Å². The summed E-state index contributed by atoms with van der Waals surface area (Å²) in [6.45, 7) is 0. The zero-order chi connectivity index (χ0) is 10.4. The van der Waals surface area contributed by atoms with Crippen LogP contribution in [0.15, 0.2) is 24.3 Å². The van der Waals surface area contributed by atoms with Crippen LogP contribution in [-0.4, -0.2) is 12.6 Å². The molecule has 0 spiro atoms. The molecule has 0 bridgehead atoms. The van der Waals surface area contributed by atoms with Gasteiger partial charge < -0.3 is 4.79 Å². The van der Waals surface area contributed by atoms with Gasteiger partial charge in [0.05, 0.1) is 5.56 Å². The summed E-state index contributed by atoms with van der Waals surface area (Å²) in [5, 5.41) is 0. The fourth-order valence-corrected chi connectivity index (χ4v) is 1.00. The summed E-state index contributed by atoms with van der Waals surface area (Å²) in [7, 11) is 0. The van der Waals surface area contributed by atoms with Gasteiger partial charge >= 0.3 is 0 Å². The van der Waals surface area contributed by atoms with Crippen LogP contribution in [0.4, 0.5) is 4.39 Å². The molecular formula is C11H9FO2. The molecule has 0 unspecified atom stereocenters. The van der Waals surface area contributed by atoms with E-state index in [0.717, 1.165) is 6.29 Å². The van der Waals surface area contributed by atoms with Crippen molar-refractivity contribution in [2.45, 2.75) is 6.42 Å². The molecule has 0 aliphatic heterocycles. The Hall–Kier alpha value is -1.77. The molecular weight excluding hydrogens is 183 g/mol. The van der Waals surface area contributed by atoms with Gasteiger partial charge in [0.15, 0.2) is 6.29 Å². The predicted octanol–water partition coefficient (Wildman–Crippen LogP) is 2.24. The van der Waals surface area contributed by atoms with Crippen LogP contribution in [0.2, 0.25) is 0 Å². The van der Waals surface area contributed by atoms with Crippen LogP contribution < -0.4 is 0 Å². The van der Waals surface area contributed by atoms with E-state index >= 15 is 0 Å². The Morgan fingerprint density at radius 3 is 2.64 bits per heavy atom. The molecule has 0 atom stereocenters. The fourth-order valence-electron chi connectivity index (χ4n) is 1.00. The molecule has 0 N–H and O–H groups in total. The number of rotatable bonds is 4. The van der Waals surface area contributed by atoms with Crippen LogP contribution >= 0.6 is 0 Å². The van der Waals surface area contributed by atoms with Crippen LogP contribution in [0.5, 0.6) is 0 Å². The highest BCUT2D eigenvalue weighted by atomic mass is 19.1. The molecule has 1 rings (SSSR count). The number of benzene rings is 1. The van der Waals surface area contributed by atoms with Gasteiger partial charge in [-0.1, -0.05) is 18.2 Å². The van der Waals surface area contributed by atoms with E-state index in [2.05, 4.69) is 0 Å². The van der Waals surface area contributed by atoms with E-state index in [9.17, 15) is 14.0 Å². The van der Waals surface area contributed by atoms with Gasteiger partial charge in [-0.3, -0.25) is 4.79 Å². The third kappa shape index (κ3) is 2.62. The van der Waals surface area contributed by atoms with Gasteiger partial charge in [0.2, 0.25) is 0 Å².